The van der Waals surface area contributed by atoms with Crippen LogP contribution in [-0.4, -0.2) is 18.7 Å². The van der Waals surface area contributed by atoms with E-state index in [1.54, 1.807) is 18.4 Å². The highest BCUT2D eigenvalue weighted by Crippen LogP contribution is 2.35. The minimum atomic E-state index is -0.430. The zero-order valence-electron chi connectivity index (χ0n) is 17.0. The van der Waals surface area contributed by atoms with E-state index in [4.69, 9.17) is 18.3 Å². The summed E-state index contributed by atoms with van der Waals surface area (Å²) in [4.78, 5) is 22.9. The standard InChI is InChI=1S/C23H24O6/c1-14(2)11-17(28-16(4)24)12-15(3)7-9-27-23-18-5-6-22(25)29-21(18)13-20-19(23)8-10-26-20/h5-8,10-11,13,17H,9,12H2,1-4H3/b15-7+. The van der Waals surface area contributed by atoms with E-state index in [0.717, 1.165) is 16.5 Å². The second-order valence-electron chi connectivity index (χ2n) is 7.16. The number of fused-ring (bicyclic) bond motifs is 2. The first-order valence-electron chi connectivity index (χ1n) is 9.38. The van der Waals surface area contributed by atoms with Crippen LogP contribution in [0.2, 0.25) is 0 Å². The Kier molecular flexibility index (Phi) is 6.22. The van der Waals surface area contributed by atoms with Gasteiger partial charge in [0.05, 0.1) is 17.0 Å². The van der Waals surface area contributed by atoms with E-state index < -0.39 is 5.63 Å². The van der Waals surface area contributed by atoms with Crippen molar-refractivity contribution in [2.24, 2.45) is 0 Å². The molecule has 2 heterocycles. The third-order valence-corrected chi connectivity index (χ3v) is 4.33. The Labute approximate surface area is 168 Å². The van der Waals surface area contributed by atoms with Crippen molar-refractivity contribution in [3.05, 3.63) is 64.2 Å². The van der Waals surface area contributed by atoms with E-state index in [1.165, 1.54) is 13.0 Å². The number of benzene rings is 1. The summed E-state index contributed by atoms with van der Waals surface area (Å²) in [6.45, 7) is 7.62. The summed E-state index contributed by atoms with van der Waals surface area (Å²) >= 11 is 0. The number of carbonyl (C=O) groups excluding carboxylic acids is 1. The summed E-state index contributed by atoms with van der Waals surface area (Å²) < 4.78 is 22.1. The Hall–Kier alpha value is -3.28. The van der Waals surface area contributed by atoms with Crippen molar-refractivity contribution >= 4 is 27.9 Å². The van der Waals surface area contributed by atoms with Crippen LogP contribution in [0.3, 0.4) is 0 Å². The highest BCUT2D eigenvalue weighted by molar-refractivity contribution is 6.01. The number of carbonyl (C=O) groups is 1. The smallest absolute Gasteiger partial charge is 0.336 e. The molecule has 0 N–H and O–H groups in total. The number of ether oxygens (including phenoxy) is 2. The first kappa shape index (κ1) is 20.5. The predicted molar refractivity (Wildman–Crippen MR) is 111 cm³/mol. The SMILES string of the molecule is CC(=O)OC(C=C(C)C)C/C(C)=C/COc1c2ccoc2cc2oc(=O)ccc12. The molecule has 3 aromatic rings. The monoisotopic (exact) mass is 396 g/mol. The van der Waals surface area contributed by atoms with Gasteiger partial charge >= 0.3 is 11.6 Å². The molecule has 0 saturated heterocycles. The summed E-state index contributed by atoms with van der Waals surface area (Å²) in [5, 5.41) is 1.51. The lowest BCUT2D eigenvalue weighted by atomic mass is 10.1. The molecule has 1 atom stereocenters. The highest BCUT2D eigenvalue weighted by Gasteiger charge is 2.13. The molecule has 3 rings (SSSR count). The summed E-state index contributed by atoms with van der Waals surface area (Å²) in [5.41, 5.74) is 2.68. The Morgan fingerprint density at radius 1 is 1.10 bits per heavy atom. The molecule has 1 unspecified atom stereocenters. The van der Waals surface area contributed by atoms with E-state index >= 15 is 0 Å². The molecule has 6 heteroatoms. The fraction of sp³-hybridized carbons (Fsp3) is 0.304. The molecule has 0 aliphatic rings. The van der Waals surface area contributed by atoms with Gasteiger partial charge in [-0.3, -0.25) is 4.79 Å². The number of esters is 1. The van der Waals surface area contributed by atoms with Crippen LogP contribution < -0.4 is 10.4 Å². The zero-order chi connectivity index (χ0) is 21.0. The largest absolute Gasteiger partial charge is 0.488 e. The molecule has 1 aromatic carbocycles. The normalized spacial score (nSPS) is 12.8. The van der Waals surface area contributed by atoms with Crippen LogP contribution in [0.4, 0.5) is 0 Å². The molecule has 0 aliphatic heterocycles. The van der Waals surface area contributed by atoms with E-state index in [-0.39, 0.29) is 12.1 Å². The second-order valence-corrected chi connectivity index (χ2v) is 7.16. The van der Waals surface area contributed by atoms with Gasteiger partial charge in [-0.15, -0.1) is 0 Å². The third kappa shape index (κ3) is 5.16. The molecule has 29 heavy (non-hydrogen) atoms. The molecule has 0 fully saturated rings. The lowest BCUT2D eigenvalue weighted by Gasteiger charge is -2.15. The van der Waals surface area contributed by atoms with Crippen molar-refractivity contribution in [2.75, 3.05) is 6.61 Å². The van der Waals surface area contributed by atoms with Gasteiger partial charge in [-0.25, -0.2) is 4.79 Å². The maximum Gasteiger partial charge on any atom is 0.336 e. The van der Waals surface area contributed by atoms with Crippen LogP contribution >= 0.6 is 0 Å². The molecule has 2 aromatic heterocycles. The van der Waals surface area contributed by atoms with E-state index in [2.05, 4.69) is 0 Å². The number of rotatable bonds is 7. The van der Waals surface area contributed by atoms with Crippen LogP contribution in [0.1, 0.15) is 34.1 Å². The van der Waals surface area contributed by atoms with Crippen LogP contribution in [0.15, 0.2) is 67.5 Å². The second kappa shape index (κ2) is 8.82. The Balaban J connectivity index is 1.80. The Morgan fingerprint density at radius 2 is 1.86 bits per heavy atom. The summed E-state index contributed by atoms with van der Waals surface area (Å²) in [5.74, 6) is 0.288. The van der Waals surface area contributed by atoms with E-state index in [0.29, 0.717) is 35.3 Å². The average molecular weight is 396 g/mol. The third-order valence-electron chi connectivity index (χ3n) is 4.33. The van der Waals surface area contributed by atoms with Gasteiger partial charge in [0, 0.05) is 25.5 Å². The number of hydrogen-bond acceptors (Lipinski definition) is 6. The summed E-state index contributed by atoms with van der Waals surface area (Å²) in [7, 11) is 0. The van der Waals surface area contributed by atoms with E-state index in [1.807, 2.05) is 39.0 Å². The van der Waals surface area contributed by atoms with Gasteiger partial charge in [0.2, 0.25) is 0 Å². The molecular formula is C23H24O6. The number of furan rings is 1. The lowest BCUT2D eigenvalue weighted by Crippen LogP contribution is -2.14. The topological polar surface area (TPSA) is 78.9 Å². The van der Waals surface area contributed by atoms with Crippen LogP contribution in [-0.2, 0) is 9.53 Å². The van der Waals surface area contributed by atoms with Crippen molar-refractivity contribution in [2.45, 2.75) is 40.2 Å². The number of allylic oxidation sites excluding steroid dienone is 1. The molecule has 0 spiro atoms. The Bertz CT molecular complexity index is 1140. The fourth-order valence-corrected chi connectivity index (χ4v) is 3.15. The average Bonchev–Trinajstić information content (AvgIpc) is 3.07. The molecule has 0 amide bonds. The van der Waals surface area contributed by atoms with Gasteiger partial charge in [-0.1, -0.05) is 11.1 Å². The predicted octanol–water partition coefficient (Wildman–Crippen LogP) is 5.15. The quantitative estimate of drug-likeness (QED) is 0.312. The summed E-state index contributed by atoms with van der Waals surface area (Å²) in [6.07, 6.45) is 5.72. The van der Waals surface area contributed by atoms with Gasteiger partial charge in [0.15, 0.2) is 0 Å². The molecule has 6 nitrogen and oxygen atoms in total. The van der Waals surface area contributed by atoms with Crippen molar-refractivity contribution in [1.82, 2.24) is 0 Å². The van der Waals surface area contributed by atoms with Gasteiger partial charge in [0.25, 0.3) is 0 Å². The van der Waals surface area contributed by atoms with Gasteiger partial charge in [-0.2, -0.15) is 0 Å². The first-order valence-corrected chi connectivity index (χ1v) is 9.38. The number of hydrogen-bond donors (Lipinski definition) is 0. The molecule has 0 bridgehead atoms. The van der Waals surface area contributed by atoms with E-state index in [9.17, 15) is 9.59 Å². The highest BCUT2D eigenvalue weighted by atomic mass is 16.5. The maximum atomic E-state index is 11.5. The summed E-state index contributed by atoms with van der Waals surface area (Å²) in [6, 6.07) is 6.55. The lowest BCUT2D eigenvalue weighted by molar-refractivity contribution is -0.144. The van der Waals surface area contributed by atoms with Crippen LogP contribution in [0.25, 0.3) is 21.9 Å². The molecule has 0 saturated carbocycles. The molecular weight excluding hydrogens is 372 g/mol. The fourth-order valence-electron chi connectivity index (χ4n) is 3.15. The molecule has 0 radical (unpaired) electrons. The van der Waals surface area contributed by atoms with Crippen molar-refractivity contribution in [3.63, 3.8) is 0 Å². The first-order chi connectivity index (χ1) is 13.8. The zero-order valence-corrected chi connectivity index (χ0v) is 17.0. The minimum absolute atomic E-state index is 0.304. The van der Waals surface area contributed by atoms with Crippen molar-refractivity contribution in [3.8, 4) is 5.75 Å². The van der Waals surface area contributed by atoms with Crippen LogP contribution in [0, 0.1) is 0 Å². The van der Waals surface area contributed by atoms with Gasteiger partial charge in [0.1, 0.15) is 29.6 Å². The molecule has 152 valence electrons. The van der Waals surface area contributed by atoms with Gasteiger partial charge < -0.3 is 18.3 Å². The maximum absolute atomic E-state index is 11.5. The van der Waals surface area contributed by atoms with Gasteiger partial charge in [-0.05, 0) is 45.1 Å². The molecule has 0 aliphatic carbocycles. The Morgan fingerprint density at radius 3 is 2.59 bits per heavy atom. The minimum Gasteiger partial charge on any atom is -0.488 e. The van der Waals surface area contributed by atoms with Crippen LogP contribution in [0.5, 0.6) is 5.75 Å². The van der Waals surface area contributed by atoms with Crippen molar-refractivity contribution in [1.29, 1.82) is 0 Å². The van der Waals surface area contributed by atoms with Crippen molar-refractivity contribution < 1.29 is 23.1 Å².